The number of alkyl halides is 3. The van der Waals surface area contributed by atoms with E-state index in [1.54, 1.807) is 19.2 Å². The molecule has 2 aromatic rings. The van der Waals surface area contributed by atoms with Gasteiger partial charge < -0.3 is 5.32 Å². The van der Waals surface area contributed by atoms with Gasteiger partial charge >= 0.3 is 6.18 Å². The number of ketones is 1. The Hall–Kier alpha value is -2.70. The van der Waals surface area contributed by atoms with Crippen molar-refractivity contribution in [3.63, 3.8) is 0 Å². The molecule has 0 bridgehead atoms. The van der Waals surface area contributed by atoms with Gasteiger partial charge in [0.2, 0.25) is 5.91 Å². The number of hydrogen-bond donors (Lipinski definition) is 1. The minimum Gasteiger partial charge on any atom is -0.359 e. The second kappa shape index (κ2) is 9.67. The van der Waals surface area contributed by atoms with Gasteiger partial charge in [-0.25, -0.2) is 4.98 Å². The molecule has 29 heavy (non-hydrogen) atoms. The molecule has 1 N–H and O–H groups in total. The monoisotopic (exact) mass is 408 g/mol. The minimum absolute atomic E-state index is 0.0695. The van der Waals surface area contributed by atoms with Gasteiger partial charge in [-0.1, -0.05) is 45.9 Å². The summed E-state index contributed by atoms with van der Waals surface area (Å²) in [6, 6.07) is 9.56. The van der Waals surface area contributed by atoms with Gasteiger partial charge in [0, 0.05) is 25.5 Å². The summed E-state index contributed by atoms with van der Waals surface area (Å²) >= 11 is 0. The fourth-order valence-electron chi connectivity index (χ4n) is 2.26. The van der Waals surface area contributed by atoms with Gasteiger partial charge in [0.25, 0.3) is 0 Å². The van der Waals surface area contributed by atoms with Crippen molar-refractivity contribution in [3.8, 4) is 11.3 Å². The van der Waals surface area contributed by atoms with Gasteiger partial charge in [0.05, 0.1) is 11.3 Å². The molecule has 1 aromatic carbocycles. The number of amides is 1. The molecule has 7 heteroatoms. The largest absolute Gasteiger partial charge is 0.416 e. The van der Waals surface area contributed by atoms with E-state index in [0.29, 0.717) is 11.3 Å². The first-order valence-corrected chi connectivity index (χ1v) is 9.14. The van der Waals surface area contributed by atoms with Gasteiger partial charge in [0.15, 0.2) is 5.78 Å². The van der Waals surface area contributed by atoms with E-state index in [4.69, 9.17) is 0 Å². The first-order chi connectivity index (χ1) is 13.3. The molecule has 1 heterocycles. The number of aromatic nitrogens is 1. The first kappa shape index (κ1) is 24.3. The van der Waals surface area contributed by atoms with Crippen LogP contribution < -0.4 is 5.32 Å². The Labute approximate surface area is 169 Å². The molecular weight excluding hydrogens is 381 g/mol. The molecule has 0 aliphatic heterocycles. The molecule has 1 atom stereocenters. The molecule has 0 radical (unpaired) electrons. The molecule has 0 aliphatic carbocycles. The molecule has 1 unspecified atom stereocenters. The maximum atomic E-state index is 12.6. The second-order valence-corrected chi connectivity index (χ2v) is 7.74. The summed E-state index contributed by atoms with van der Waals surface area (Å²) in [4.78, 5) is 26.3. The highest BCUT2D eigenvalue weighted by Crippen LogP contribution is 2.31. The smallest absolute Gasteiger partial charge is 0.359 e. The fourth-order valence-corrected chi connectivity index (χ4v) is 2.26. The lowest BCUT2D eigenvalue weighted by atomic mass is 9.81. The van der Waals surface area contributed by atoms with Crippen LogP contribution in [0.3, 0.4) is 0 Å². The zero-order chi connectivity index (χ0) is 22.4. The normalized spacial score (nSPS) is 12.4. The van der Waals surface area contributed by atoms with E-state index >= 15 is 0 Å². The van der Waals surface area contributed by atoms with Gasteiger partial charge in [-0.3, -0.25) is 9.59 Å². The van der Waals surface area contributed by atoms with Crippen molar-refractivity contribution >= 4 is 11.7 Å². The van der Waals surface area contributed by atoms with E-state index in [0.717, 1.165) is 12.1 Å². The summed E-state index contributed by atoms with van der Waals surface area (Å²) in [5.74, 6) is -0.0289. The highest BCUT2D eigenvalue weighted by Gasteiger charge is 2.30. The van der Waals surface area contributed by atoms with Crippen LogP contribution in [0.5, 0.6) is 0 Å². The average molecular weight is 408 g/mol. The summed E-state index contributed by atoms with van der Waals surface area (Å²) in [5.41, 5.74) is 0.242. The molecule has 1 amide bonds. The van der Waals surface area contributed by atoms with Crippen molar-refractivity contribution in [1.29, 1.82) is 0 Å². The number of Topliss-reactive ketones (excluding diaryl/α,β-unsaturated/α-hetero) is 1. The summed E-state index contributed by atoms with van der Waals surface area (Å²) in [6.07, 6.45) is -4.39. The first-order valence-electron chi connectivity index (χ1n) is 9.14. The third-order valence-electron chi connectivity index (χ3n) is 4.53. The van der Waals surface area contributed by atoms with E-state index in [9.17, 15) is 22.8 Å². The molecule has 0 fully saturated rings. The average Bonchev–Trinajstić information content (AvgIpc) is 2.66. The summed E-state index contributed by atoms with van der Waals surface area (Å²) < 4.78 is 37.8. The topological polar surface area (TPSA) is 59.1 Å². The molecule has 0 saturated heterocycles. The number of carbonyl (C=O) groups excluding carboxylic acids is 2. The van der Waals surface area contributed by atoms with Crippen molar-refractivity contribution in [2.45, 2.75) is 40.8 Å². The standard InChI is InChI=1S/C14H10F3NO.C8H17NO/c1-9(19)12-6-3-7-13(18-12)10-4-2-5-11(8-10)14(15,16)17;1-6(7(10)9-5)8(2,3)4/h2-8H,1H3;6H,1-5H3,(H,9,10). The zero-order valence-corrected chi connectivity index (χ0v) is 17.5. The molecular formula is C22H27F3N2O2. The van der Waals surface area contributed by atoms with Crippen LogP contribution >= 0.6 is 0 Å². The number of halogens is 3. The number of carbonyl (C=O) groups is 2. The maximum Gasteiger partial charge on any atom is 0.416 e. The van der Waals surface area contributed by atoms with Crippen LogP contribution in [-0.2, 0) is 11.0 Å². The van der Waals surface area contributed by atoms with Gasteiger partial charge in [-0.15, -0.1) is 0 Å². The van der Waals surface area contributed by atoms with Gasteiger partial charge in [0.1, 0.15) is 5.69 Å². The number of hydrogen-bond acceptors (Lipinski definition) is 3. The van der Waals surface area contributed by atoms with E-state index in [2.05, 4.69) is 31.1 Å². The Bertz CT molecular complexity index is 856. The van der Waals surface area contributed by atoms with E-state index in [-0.39, 0.29) is 28.7 Å². The molecule has 4 nitrogen and oxygen atoms in total. The predicted molar refractivity (Wildman–Crippen MR) is 107 cm³/mol. The Balaban J connectivity index is 0.000000359. The van der Waals surface area contributed by atoms with Crippen LogP contribution in [-0.4, -0.2) is 23.7 Å². The summed E-state index contributed by atoms with van der Waals surface area (Å²) in [5, 5.41) is 2.63. The Morgan fingerprint density at radius 3 is 2.07 bits per heavy atom. The molecule has 0 spiro atoms. The van der Waals surface area contributed by atoms with Crippen molar-refractivity contribution in [2.75, 3.05) is 7.05 Å². The Kier molecular flexibility index (Phi) is 8.12. The summed E-state index contributed by atoms with van der Waals surface area (Å²) in [6.45, 7) is 9.49. The molecule has 158 valence electrons. The van der Waals surface area contributed by atoms with Crippen molar-refractivity contribution in [1.82, 2.24) is 10.3 Å². The lowest BCUT2D eigenvalue weighted by Gasteiger charge is -2.25. The van der Waals surface area contributed by atoms with E-state index in [1.807, 2.05) is 6.92 Å². The Morgan fingerprint density at radius 1 is 1.03 bits per heavy atom. The molecule has 0 saturated carbocycles. The van der Waals surface area contributed by atoms with Crippen LogP contribution in [0.1, 0.15) is 50.7 Å². The Morgan fingerprint density at radius 2 is 1.62 bits per heavy atom. The summed E-state index contributed by atoms with van der Waals surface area (Å²) in [7, 11) is 1.67. The number of pyridine rings is 1. The molecule has 2 rings (SSSR count). The van der Waals surface area contributed by atoms with Crippen LogP contribution in [0.4, 0.5) is 13.2 Å². The fraction of sp³-hybridized carbons (Fsp3) is 0.409. The van der Waals surface area contributed by atoms with Crippen molar-refractivity contribution < 1.29 is 22.8 Å². The van der Waals surface area contributed by atoms with Crippen LogP contribution in [0.15, 0.2) is 42.5 Å². The minimum atomic E-state index is -4.39. The quantitative estimate of drug-likeness (QED) is 0.693. The third-order valence-corrected chi connectivity index (χ3v) is 4.53. The zero-order valence-electron chi connectivity index (χ0n) is 17.5. The number of nitrogens with one attached hydrogen (secondary N) is 1. The lowest BCUT2D eigenvalue weighted by molar-refractivity contribution is -0.137. The van der Waals surface area contributed by atoms with Crippen LogP contribution in [0.25, 0.3) is 11.3 Å². The van der Waals surface area contributed by atoms with Crippen LogP contribution in [0.2, 0.25) is 0 Å². The number of nitrogens with zero attached hydrogens (tertiary/aromatic N) is 1. The second-order valence-electron chi connectivity index (χ2n) is 7.74. The third kappa shape index (κ3) is 7.33. The van der Waals surface area contributed by atoms with Gasteiger partial charge in [-0.2, -0.15) is 13.2 Å². The SMILES string of the molecule is CC(=O)c1cccc(-c2cccc(C(F)(F)F)c2)n1.CNC(=O)C(C)C(C)(C)C. The van der Waals surface area contributed by atoms with E-state index in [1.165, 1.54) is 25.1 Å². The predicted octanol–water partition coefficient (Wildman–Crippen LogP) is 5.38. The van der Waals surface area contributed by atoms with E-state index < -0.39 is 11.7 Å². The molecule has 0 aliphatic rings. The number of benzene rings is 1. The lowest BCUT2D eigenvalue weighted by Crippen LogP contribution is -2.33. The number of rotatable bonds is 3. The highest BCUT2D eigenvalue weighted by atomic mass is 19.4. The maximum absolute atomic E-state index is 12.6. The molecule has 1 aromatic heterocycles. The van der Waals surface area contributed by atoms with Crippen LogP contribution in [0, 0.1) is 11.3 Å². The van der Waals surface area contributed by atoms with Crippen molar-refractivity contribution in [3.05, 3.63) is 53.7 Å². The van der Waals surface area contributed by atoms with Crippen molar-refractivity contribution in [2.24, 2.45) is 11.3 Å². The highest BCUT2D eigenvalue weighted by molar-refractivity contribution is 5.92. The van der Waals surface area contributed by atoms with Gasteiger partial charge in [-0.05, 0) is 29.7 Å².